The summed E-state index contributed by atoms with van der Waals surface area (Å²) < 4.78 is 43.9. The van der Waals surface area contributed by atoms with E-state index in [1.807, 2.05) is 6.07 Å². The second-order valence-corrected chi connectivity index (χ2v) is 13.3. The highest BCUT2D eigenvalue weighted by atomic mass is 35.5. The Bertz CT molecular complexity index is 1480. The molecular weight excluding hydrogens is 680 g/mol. The summed E-state index contributed by atoms with van der Waals surface area (Å²) in [6.45, 7) is 7.15. The molecule has 2 amide bonds. The fraction of sp³-hybridized carbons (Fsp3) is 0.500. The number of rotatable bonds is 11. The molecule has 3 heterocycles. The van der Waals surface area contributed by atoms with Crippen LogP contribution < -0.4 is 10.2 Å². The van der Waals surface area contributed by atoms with Crippen LogP contribution in [0.15, 0.2) is 65.2 Å². The van der Waals surface area contributed by atoms with Crippen molar-refractivity contribution in [2.45, 2.75) is 57.3 Å². The fourth-order valence-corrected chi connectivity index (χ4v) is 6.86. The number of hydrogen-bond donors (Lipinski definition) is 2. The van der Waals surface area contributed by atoms with Gasteiger partial charge in [0.05, 0.1) is 17.1 Å². The zero-order chi connectivity index (χ0) is 34.4. The minimum absolute atomic E-state index is 0.00906. The lowest BCUT2D eigenvalue weighted by Gasteiger charge is -2.40. The Hall–Kier alpha value is -3.06. The summed E-state index contributed by atoms with van der Waals surface area (Å²) in [4.78, 5) is 32.9. The van der Waals surface area contributed by atoms with E-state index in [1.54, 1.807) is 23.1 Å². The molecule has 0 aliphatic carbocycles. The third-order valence-electron chi connectivity index (χ3n) is 8.78. The van der Waals surface area contributed by atoms with Crippen LogP contribution in [0, 0.1) is 11.8 Å². The highest BCUT2D eigenvalue weighted by Crippen LogP contribution is 2.40. The van der Waals surface area contributed by atoms with Crippen LogP contribution in [0.3, 0.4) is 0 Å². The van der Waals surface area contributed by atoms with E-state index < -0.39 is 23.3 Å². The third kappa shape index (κ3) is 9.31. The zero-order valence-electron chi connectivity index (χ0n) is 25.9. The number of anilines is 1. The van der Waals surface area contributed by atoms with Gasteiger partial charge in [0, 0.05) is 48.5 Å². The Morgan fingerprint density at radius 3 is 2.28 bits per heavy atom. The smallest absolute Gasteiger partial charge is 0.371 e. The number of nitrogens with one attached hydrogen (secondary N) is 1. The minimum atomic E-state index is -5.25. The van der Waals surface area contributed by atoms with E-state index in [-0.39, 0.29) is 35.0 Å². The third-order valence-corrected chi connectivity index (χ3v) is 9.42. The summed E-state index contributed by atoms with van der Waals surface area (Å²) in [7, 11) is 0. The number of allylic oxidation sites excluding steroid dienone is 4. The Balaban J connectivity index is 1.26. The van der Waals surface area contributed by atoms with E-state index in [0.29, 0.717) is 42.4 Å². The predicted molar refractivity (Wildman–Crippen MR) is 176 cm³/mol. The van der Waals surface area contributed by atoms with E-state index in [0.717, 1.165) is 62.0 Å². The Labute approximate surface area is 287 Å². The van der Waals surface area contributed by atoms with Crippen molar-refractivity contribution in [2.24, 2.45) is 11.8 Å². The quantitative estimate of drug-likeness (QED) is 0.264. The van der Waals surface area contributed by atoms with Gasteiger partial charge in [0.25, 0.3) is 17.4 Å². The molecule has 1 aromatic carbocycles. The number of likely N-dealkylation sites (tertiary alicyclic amines) is 1. The molecule has 0 radical (unpaired) electrons. The normalized spacial score (nSPS) is 18.6. The largest absolute Gasteiger partial charge is 0.430 e. The van der Waals surface area contributed by atoms with Gasteiger partial charge in [-0.1, -0.05) is 41.4 Å². The lowest BCUT2D eigenvalue weighted by atomic mass is 9.82. The maximum Gasteiger partial charge on any atom is 0.430 e. The molecule has 4 rings (SSSR count). The molecule has 1 aromatic heterocycles. The summed E-state index contributed by atoms with van der Waals surface area (Å²) in [5.74, 6) is -0.978. The lowest BCUT2D eigenvalue weighted by molar-refractivity contribution is -0.243. The molecule has 2 saturated heterocycles. The molecule has 0 unspecified atom stereocenters. The average molecular weight is 718 g/mol. The number of benzene rings is 1. The Morgan fingerprint density at radius 2 is 1.72 bits per heavy atom. The zero-order valence-corrected chi connectivity index (χ0v) is 28.2. The molecule has 2 N–H and O–H groups in total. The molecular formula is C32H38Cl3F3N6O3. The summed E-state index contributed by atoms with van der Waals surface area (Å²) in [5, 5.41) is 17.7. The molecule has 0 saturated carbocycles. The van der Waals surface area contributed by atoms with Crippen LogP contribution in [-0.4, -0.2) is 81.1 Å². The van der Waals surface area contributed by atoms with Gasteiger partial charge in [-0.05, 0) is 86.8 Å². The van der Waals surface area contributed by atoms with E-state index in [2.05, 4.69) is 26.9 Å². The van der Waals surface area contributed by atoms with Gasteiger partial charge in [0.2, 0.25) is 0 Å². The molecule has 9 nitrogen and oxygen atoms in total. The first kappa shape index (κ1) is 36.8. The van der Waals surface area contributed by atoms with Crippen molar-refractivity contribution in [3.05, 3.63) is 75.8 Å². The van der Waals surface area contributed by atoms with Gasteiger partial charge in [0.15, 0.2) is 0 Å². The molecule has 1 atom stereocenters. The molecule has 2 fully saturated rings. The molecule has 0 spiro atoms. The number of carbonyl (C=O) groups is 2. The maximum absolute atomic E-state index is 14.1. The molecule has 256 valence electrons. The number of amides is 2. The van der Waals surface area contributed by atoms with E-state index in [4.69, 9.17) is 34.8 Å². The maximum atomic E-state index is 14.1. The first-order valence-electron chi connectivity index (χ1n) is 15.3. The van der Waals surface area contributed by atoms with Gasteiger partial charge < -0.3 is 20.2 Å². The van der Waals surface area contributed by atoms with E-state index >= 15 is 0 Å². The lowest BCUT2D eigenvalue weighted by Crippen LogP contribution is -2.60. The monoisotopic (exact) mass is 716 g/mol. The number of alkyl halides is 3. The minimum Gasteiger partial charge on any atom is -0.371 e. The number of aliphatic hydroxyl groups is 1. The number of nitrogens with zero attached hydrogens (tertiary/aromatic N) is 5. The second-order valence-electron chi connectivity index (χ2n) is 12.0. The summed E-state index contributed by atoms with van der Waals surface area (Å²) in [5.41, 5.74) is -3.03. The number of aromatic nitrogens is 3. The van der Waals surface area contributed by atoms with Crippen molar-refractivity contribution in [3.8, 4) is 0 Å². The highest BCUT2D eigenvalue weighted by Gasteiger charge is 2.62. The number of piperidine rings is 2. The molecule has 2 aliphatic rings. The number of hydrogen-bond acceptors (Lipinski definition) is 6. The highest BCUT2D eigenvalue weighted by molar-refractivity contribution is 6.35. The summed E-state index contributed by atoms with van der Waals surface area (Å²) in [6, 6.07) is 5.42. The van der Waals surface area contributed by atoms with Crippen molar-refractivity contribution in [1.29, 1.82) is 0 Å². The van der Waals surface area contributed by atoms with Gasteiger partial charge >= 0.3 is 6.18 Å². The van der Waals surface area contributed by atoms with Crippen LogP contribution in [0.25, 0.3) is 0 Å². The van der Waals surface area contributed by atoms with Crippen LogP contribution in [0.4, 0.5) is 18.9 Å². The van der Waals surface area contributed by atoms with Gasteiger partial charge in [-0.15, -0.1) is 0 Å². The summed E-state index contributed by atoms with van der Waals surface area (Å²) in [6.07, 6.45) is 3.63. The van der Waals surface area contributed by atoms with Crippen molar-refractivity contribution in [2.75, 3.05) is 37.6 Å². The van der Waals surface area contributed by atoms with Crippen LogP contribution >= 0.6 is 34.8 Å². The van der Waals surface area contributed by atoms with Crippen LogP contribution in [0.1, 0.15) is 49.4 Å². The Kier molecular flexibility index (Phi) is 12.4. The van der Waals surface area contributed by atoms with Crippen molar-refractivity contribution in [1.82, 2.24) is 25.0 Å². The fourth-order valence-electron chi connectivity index (χ4n) is 6.13. The second kappa shape index (κ2) is 15.9. The Morgan fingerprint density at radius 1 is 1.09 bits per heavy atom. The predicted octanol–water partition coefficient (Wildman–Crippen LogP) is 6.32. The molecule has 0 bridgehead atoms. The molecule has 2 aliphatic heterocycles. The van der Waals surface area contributed by atoms with Crippen molar-refractivity contribution >= 4 is 52.3 Å². The summed E-state index contributed by atoms with van der Waals surface area (Å²) >= 11 is 18.1. The molecule has 2 aromatic rings. The first-order valence-corrected chi connectivity index (χ1v) is 16.5. The topological polar surface area (TPSA) is 104 Å². The molecule has 15 heteroatoms. The van der Waals surface area contributed by atoms with Gasteiger partial charge in [-0.2, -0.15) is 18.3 Å². The van der Waals surface area contributed by atoms with Gasteiger partial charge in [0.1, 0.15) is 12.7 Å². The SMILES string of the molecule is C=C(Cl)/C=C(Cl)\C=C(/C)[C@@](O)(C(=O)N1CCC(CC2CCN(c3ccc(C(=O)NCCn4cncn4)c(Cl)c3)CC2)CC1)C(F)(F)F. The standard InChI is InChI=1S/C32H38Cl3F3N6O3/c1-21(15-25(34)16-22(2)33)31(47,32(36,37)38)30(46)43-12-7-24(8-13-43)17-23-5-10-42(11-6-23)26-3-4-27(28(35)18-26)29(45)40-9-14-44-20-39-19-41-44/h3-4,15-16,18-20,23-24,47H,2,5-14,17H2,1H3,(H,40,45)/b21-15+,25-16+/t31-/m1/s1. The number of carbonyl (C=O) groups excluding carboxylic acids is 2. The van der Waals surface area contributed by atoms with Crippen LogP contribution in [0.5, 0.6) is 0 Å². The van der Waals surface area contributed by atoms with Crippen molar-refractivity contribution in [3.63, 3.8) is 0 Å². The van der Waals surface area contributed by atoms with Crippen LogP contribution in [-0.2, 0) is 11.3 Å². The van der Waals surface area contributed by atoms with Gasteiger partial charge in [-0.25, -0.2) is 4.98 Å². The number of halogens is 6. The van der Waals surface area contributed by atoms with Crippen molar-refractivity contribution < 1.29 is 27.9 Å². The van der Waals surface area contributed by atoms with E-state index in [1.165, 1.54) is 6.33 Å². The van der Waals surface area contributed by atoms with Gasteiger partial charge in [-0.3, -0.25) is 14.3 Å². The average Bonchev–Trinajstić information content (AvgIpc) is 3.53. The first-order chi connectivity index (χ1) is 22.2. The van der Waals surface area contributed by atoms with E-state index in [9.17, 15) is 27.9 Å². The van der Waals surface area contributed by atoms with Crippen LogP contribution in [0.2, 0.25) is 5.02 Å². The molecule has 47 heavy (non-hydrogen) atoms.